The maximum absolute atomic E-state index is 13.1. The van der Waals surface area contributed by atoms with E-state index in [9.17, 15) is 13.2 Å². The van der Waals surface area contributed by atoms with E-state index >= 15 is 0 Å². The van der Waals surface area contributed by atoms with E-state index in [0.717, 1.165) is 5.69 Å². The first-order valence-corrected chi connectivity index (χ1v) is 7.61. The van der Waals surface area contributed by atoms with Crippen LogP contribution in [-0.4, -0.2) is 48.8 Å². The Labute approximate surface area is 139 Å². The van der Waals surface area contributed by atoms with Crippen molar-refractivity contribution in [1.82, 2.24) is 29.7 Å². The summed E-state index contributed by atoms with van der Waals surface area (Å²) in [7, 11) is 1.81. The fourth-order valence-electron chi connectivity index (χ4n) is 3.24. The molecule has 3 N–H and O–H groups in total. The molecule has 3 aromatic rings. The number of aryl methyl sites for hydroxylation is 1. The summed E-state index contributed by atoms with van der Waals surface area (Å²) >= 11 is 0. The van der Waals surface area contributed by atoms with Crippen molar-refractivity contribution in [2.75, 3.05) is 18.0 Å². The minimum absolute atomic E-state index is 0.0186. The van der Waals surface area contributed by atoms with Crippen molar-refractivity contribution in [2.24, 2.45) is 12.8 Å². The van der Waals surface area contributed by atoms with Gasteiger partial charge in [-0.1, -0.05) is 0 Å². The molecule has 0 spiro atoms. The Bertz CT molecular complexity index is 914. The van der Waals surface area contributed by atoms with E-state index in [4.69, 9.17) is 5.73 Å². The van der Waals surface area contributed by atoms with Gasteiger partial charge in [0, 0.05) is 44.0 Å². The number of hydrogen-bond acceptors (Lipinski definition) is 6. The Kier molecular flexibility index (Phi) is 3.42. The van der Waals surface area contributed by atoms with Gasteiger partial charge in [0.05, 0.1) is 6.33 Å². The molecule has 0 radical (unpaired) electrons. The fourth-order valence-corrected chi connectivity index (χ4v) is 3.24. The molecule has 3 aromatic heterocycles. The highest BCUT2D eigenvalue weighted by Gasteiger charge is 2.39. The van der Waals surface area contributed by atoms with Gasteiger partial charge in [-0.15, -0.1) is 0 Å². The lowest BCUT2D eigenvalue weighted by atomic mass is 10.0. The van der Waals surface area contributed by atoms with Crippen LogP contribution in [0.3, 0.4) is 0 Å². The Morgan fingerprint density at radius 3 is 2.76 bits per heavy atom. The molecule has 11 heteroatoms. The zero-order valence-corrected chi connectivity index (χ0v) is 13.2. The van der Waals surface area contributed by atoms with Gasteiger partial charge < -0.3 is 15.6 Å². The van der Waals surface area contributed by atoms with Crippen molar-refractivity contribution >= 4 is 17.0 Å². The number of aromatic nitrogens is 6. The maximum Gasteiger partial charge on any atom is 0.451 e. The van der Waals surface area contributed by atoms with E-state index in [1.165, 1.54) is 6.33 Å². The van der Waals surface area contributed by atoms with Crippen molar-refractivity contribution in [3.8, 4) is 0 Å². The Morgan fingerprint density at radius 2 is 2.08 bits per heavy atom. The molecule has 1 fully saturated rings. The van der Waals surface area contributed by atoms with Crippen LogP contribution in [0.4, 0.5) is 19.0 Å². The number of nitrogens with one attached hydrogen (secondary N) is 1. The summed E-state index contributed by atoms with van der Waals surface area (Å²) in [6.07, 6.45) is -1.67. The van der Waals surface area contributed by atoms with Crippen molar-refractivity contribution in [3.05, 3.63) is 30.1 Å². The highest BCUT2D eigenvalue weighted by atomic mass is 19.4. The molecule has 4 rings (SSSR count). The topological polar surface area (TPSA) is 102 Å². The first-order valence-electron chi connectivity index (χ1n) is 7.61. The molecule has 8 nitrogen and oxygen atoms in total. The number of imidazole rings is 1. The van der Waals surface area contributed by atoms with E-state index in [2.05, 4.69) is 25.0 Å². The number of anilines is 1. The molecule has 0 aromatic carbocycles. The van der Waals surface area contributed by atoms with Crippen LogP contribution in [-0.2, 0) is 13.2 Å². The highest BCUT2D eigenvalue weighted by Crippen LogP contribution is 2.34. The average Bonchev–Trinajstić information content (AvgIpc) is 3.24. The molecule has 0 bridgehead atoms. The molecule has 0 unspecified atom stereocenters. The Morgan fingerprint density at radius 1 is 1.28 bits per heavy atom. The largest absolute Gasteiger partial charge is 0.451 e. The number of rotatable bonds is 2. The van der Waals surface area contributed by atoms with Crippen LogP contribution >= 0.6 is 0 Å². The van der Waals surface area contributed by atoms with Crippen LogP contribution in [0.15, 0.2) is 18.6 Å². The molecule has 1 aliphatic heterocycles. The maximum atomic E-state index is 13.1. The normalized spacial score (nSPS) is 21.4. The third-order valence-electron chi connectivity index (χ3n) is 4.42. The van der Waals surface area contributed by atoms with E-state index in [0.29, 0.717) is 18.6 Å². The SMILES string of the molecule is Cn1nccc1[C@@H]1CN(c2nc(C(F)(F)F)nc3nc[nH]c23)C[C@H]1N. The van der Waals surface area contributed by atoms with Crippen LogP contribution in [0.5, 0.6) is 0 Å². The van der Waals surface area contributed by atoms with E-state index in [1.54, 1.807) is 15.8 Å². The molecular formula is C14H15F3N8. The van der Waals surface area contributed by atoms with Crippen molar-refractivity contribution in [1.29, 1.82) is 0 Å². The lowest BCUT2D eigenvalue weighted by Crippen LogP contribution is -2.30. The minimum Gasteiger partial charge on any atom is -0.352 e. The zero-order valence-electron chi connectivity index (χ0n) is 13.2. The average molecular weight is 352 g/mol. The van der Waals surface area contributed by atoms with Gasteiger partial charge in [0.2, 0.25) is 5.82 Å². The third kappa shape index (κ3) is 2.60. The number of fused-ring (bicyclic) bond motifs is 1. The predicted octanol–water partition coefficient (Wildman–Crippen LogP) is 1.04. The first-order chi connectivity index (χ1) is 11.8. The first kappa shape index (κ1) is 15.8. The van der Waals surface area contributed by atoms with Crippen molar-refractivity contribution in [2.45, 2.75) is 18.1 Å². The van der Waals surface area contributed by atoms with Crippen LogP contribution in [0.1, 0.15) is 17.4 Å². The summed E-state index contributed by atoms with van der Waals surface area (Å²) in [5.74, 6) is -1.11. The number of H-pyrrole nitrogens is 1. The monoisotopic (exact) mass is 352 g/mol. The number of aromatic amines is 1. The van der Waals surface area contributed by atoms with Crippen molar-refractivity contribution in [3.63, 3.8) is 0 Å². The summed E-state index contributed by atoms with van der Waals surface area (Å²) in [6.45, 7) is 0.807. The fraction of sp³-hybridized carbons (Fsp3) is 0.429. The van der Waals surface area contributed by atoms with Gasteiger partial charge in [-0.2, -0.15) is 18.3 Å². The molecule has 1 saturated heterocycles. The van der Waals surface area contributed by atoms with Gasteiger partial charge in [0.15, 0.2) is 11.5 Å². The number of nitrogens with two attached hydrogens (primary N) is 1. The summed E-state index contributed by atoms with van der Waals surface area (Å²) in [6, 6.07) is 1.61. The predicted molar refractivity (Wildman–Crippen MR) is 82.8 cm³/mol. The molecule has 1 aliphatic rings. The molecule has 25 heavy (non-hydrogen) atoms. The summed E-state index contributed by atoms with van der Waals surface area (Å²) in [5, 5.41) is 4.13. The lowest BCUT2D eigenvalue weighted by Gasteiger charge is -2.19. The van der Waals surface area contributed by atoms with Gasteiger partial charge in [-0.3, -0.25) is 4.68 Å². The van der Waals surface area contributed by atoms with Gasteiger partial charge in [-0.25, -0.2) is 15.0 Å². The standard InChI is InChI=1S/C14H15F3N8/c1-24-9(2-3-21-24)7-4-25(5-8(7)18)12-10-11(20-6-19-10)22-13(23-12)14(15,16)17/h2-3,6-8H,4-5,18H2,1H3,(H,19,20,22,23)/t7-,8-/m1/s1. The summed E-state index contributed by atoms with van der Waals surface area (Å²) in [5.41, 5.74) is 7.52. The highest BCUT2D eigenvalue weighted by molar-refractivity contribution is 5.83. The Hall–Kier alpha value is -2.69. The second-order valence-electron chi connectivity index (χ2n) is 6.02. The second kappa shape index (κ2) is 5.41. The molecule has 0 amide bonds. The lowest BCUT2D eigenvalue weighted by molar-refractivity contribution is -0.144. The number of nitrogens with zero attached hydrogens (tertiary/aromatic N) is 6. The van der Waals surface area contributed by atoms with Crippen molar-refractivity contribution < 1.29 is 13.2 Å². The van der Waals surface area contributed by atoms with Gasteiger partial charge in [0.25, 0.3) is 0 Å². The second-order valence-corrected chi connectivity index (χ2v) is 6.02. The Balaban J connectivity index is 1.75. The smallest absolute Gasteiger partial charge is 0.352 e. The molecule has 0 aliphatic carbocycles. The van der Waals surface area contributed by atoms with Crippen LogP contribution in [0, 0.1) is 0 Å². The van der Waals surface area contributed by atoms with Gasteiger partial charge >= 0.3 is 6.18 Å². The summed E-state index contributed by atoms with van der Waals surface area (Å²) < 4.78 is 41.0. The molecule has 132 valence electrons. The number of hydrogen-bond donors (Lipinski definition) is 2. The van der Waals surface area contributed by atoms with E-state index in [1.807, 2.05) is 13.1 Å². The van der Waals surface area contributed by atoms with E-state index < -0.39 is 12.0 Å². The van der Waals surface area contributed by atoms with Crippen LogP contribution in [0.2, 0.25) is 0 Å². The number of alkyl halides is 3. The molecule has 2 atom stereocenters. The molecular weight excluding hydrogens is 337 g/mol. The van der Waals surface area contributed by atoms with Gasteiger partial charge in [0.1, 0.15) is 5.52 Å². The van der Waals surface area contributed by atoms with Crippen LogP contribution < -0.4 is 10.6 Å². The third-order valence-corrected chi connectivity index (χ3v) is 4.42. The van der Waals surface area contributed by atoms with E-state index in [-0.39, 0.29) is 23.4 Å². The molecule has 4 heterocycles. The van der Waals surface area contributed by atoms with Crippen LogP contribution in [0.25, 0.3) is 11.2 Å². The molecule has 0 saturated carbocycles. The summed E-state index contributed by atoms with van der Waals surface area (Å²) in [4.78, 5) is 15.6. The quantitative estimate of drug-likeness (QED) is 0.714. The number of halogens is 3. The minimum atomic E-state index is -4.65. The zero-order chi connectivity index (χ0) is 17.8. The van der Waals surface area contributed by atoms with Gasteiger partial charge in [-0.05, 0) is 6.07 Å².